The normalized spacial score (nSPS) is 9.54. The lowest BCUT2D eigenvalue weighted by Gasteiger charge is -2.09. The molecule has 0 aliphatic rings. The third-order valence-electron chi connectivity index (χ3n) is 1.42. The molecule has 0 rings (SSSR count). The first-order valence-corrected chi connectivity index (χ1v) is 5.38. The molecule has 0 bridgehead atoms. The van der Waals surface area contributed by atoms with Gasteiger partial charge in [-0.05, 0) is 6.92 Å². The van der Waals surface area contributed by atoms with E-state index in [9.17, 15) is 4.79 Å². The van der Waals surface area contributed by atoms with Gasteiger partial charge in [0.15, 0.2) is 8.38 Å². The van der Waals surface area contributed by atoms with Crippen molar-refractivity contribution in [1.29, 1.82) is 0 Å². The molecular weight excluding hydrogens is 187 g/mol. The van der Waals surface area contributed by atoms with Gasteiger partial charge in [-0.1, -0.05) is 0 Å². The second kappa shape index (κ2) is 8.19. The third kappa shape index (κ3) is 6.72. The lowest BCUT2D eigenvalue weighted by molar-refractivity contribution is -0.116. The summed E-state index contributed by atoms with van der Waals surface area (Å²) >= 11 is 0. The van der Waals surface area contributed by atoms with E-state index in [4.69, 9.17) is 9.05 Å². The van der Waals surface area contributed by atoms with E-state index in [0.717, 1.165) is 0 Å². The first-order valence-electron chi connectivity index (χ1n) is 4.01. The fourth-order valence-corrected chi connectivity index (χ4v) is 1.61. The van der Waals surface area contributed by atoms with Gasteiger partial charge in [-0.15, -0.1) is 11.8 Å². The Labute approximate surface area is 80.7 Å². The molecular formula is C9H15O3P. The molecule has 0 aliphatic carbocycles. The number of carbonyl (C=O) groups is 1. The number of carbonyl (C=O) groups excluding carboxylic acids is 1. The van der Waals surface area contributed by atoms with Crippen LogP contribution < -0.4 is 0 Å². The molecule has 0 aromatic carbocycles. The van der Waals surface area contributed by atoms with E-state index in [1.165, 1.54) is 0 Å². The summed E-state index contributed by atoms with van der Waals surface area (Å²) in [6.45, 7) is 1.77. The van der Waals surface area contributed by atoms with Gasteiger partial charge in [-0.25, -0.2) is 0 Å². The van der Waals surface area contributed by atoms with Crippen molar-refractivity contribution in [3.05, 3.63) is 0 Å². The third-order valence-corrected chi connectivity index (χ3v) is 2.84. The molecule has 74 valence electrons. The van der Waals surface area contributed by atoms with Gasteiger partial charge in [-0.3, -0.25) is 4.79 Å². The zero-order chi connectivity index (χ0) is 10.1. The van der Waals surface area contributed by atoms with Crippen LogP contribution in [0, 0.1) is 11.8 Å². The van der Waals surface area contributed by atoms with Gasteiger partial charge in [0.25, 0.3) is 0 Å². The van der Waals surface area contributed by atoms with Crippen LogP contribution in [-0.2, 0) is 13.8 Å². The van der Waals surface area contributed by atoms with E-state index in [0.29, 0.717) is 19.0 Å². The van der Waals surface area contributed by atoms with E-state index >= 15 is 0 Å². The smallest absolute Gasteiger partial charge is 0.177 e. The highest BCUT2D eigenvalue weighted by Gasteiger charge is 2.11. The Morgan fingerprint density at radius 2 is 2.00 bits per heavy atom. The van der Waals surface area contributed by atoms with Crippen molar-refractivity contribution in [3.8, 4) is 11.8 Å². The summed E-state index contributed by atoms with van der Waals surface area (Å²) in [5.41, 5.74) is 0. The van der Waals surface area contributed by atoms with Crippen LogP contribution in [-0.4, -0.2) is 26.2 Å². The summed E-state index contributed by atoms with van der Waals surface area (Å²) in [4.78, 5) is 11.2. The first-order chi connectivity index (χ1) is 6.24. The molecule has 0 spiro atoms. The van der Waals surface area contributed by atoms with Crippen molar-refractivity contribution in [2.24, 2.45) is 0 Å². The molecule has 13 heavy (non-hydrogen) atoms. The molecule has 0 atom stereocenters. The highest BCUT2D eigenvalue weighted by molar-refractivity contribution is 7.48. The summed E-state index contributed by atoms with van der Waals surface area (Å²) in [5, 5.41) is 0. The van der Waals surface area contributed by atoms with E-state index in [1.54, 1.807) is 21.1 Å². The lowest BCUT2D eigenvalue weighted by atomic mass is 10.2. The highest BCUT2D eigenvalue weighted by atomic mass is 31.2. The second-order valence-corrected chi connectivity index (χ2v) is 4.03. The Bertz CT molecular complexity index is 201. The average Bonchev–Trinajstić information content (AvgIpc) is 2.14. The molecule has 0 heterocycles. The Kier molecular flexibility index (Phi) is 7.93. The van der Waals surface area contributed by atoms with Crippen molar-refractivity contribution >= 4 is 14.2 Å². The standard InChI is InChI=1S/C9H15O3P/c1-4-5-6-7-9(10)8-13(11-2)12-3/h6-8H2,1-3H3. The van der Waals surface area contributed by atoms with Gasteiger partial charge in [0.2, 0.25) is 0 Å². The topological polar surface area (TPSA) is 35.5 Å². The summed E-state index contributed by atoms with van der Waals surface area (Å²) in [6.07, 6.45) is 1.49. The summed E-state index contributed by atoms with van der Waals surface area (Å²) in [5.74, 6) is 5.74. The quantitative estimate of drug-likeness (QED) is 0.488. The molecule has 0 aromatic rings. The molecule has 0 N–H and O–H groups in total. The molecule has 3 nitrogen and oxygen atoms in total. The van der Waals surface area contributed by atoms with Crippen LogP contribution in [0.2, 0.25) is 0 Å². The molecule has 4 heteroatoms. The Morgan fingerprint density at radius 3 is 2.46 bits per heavy atom. The van der Waals surface area contributed by atoms with Crippen LogP contribution in [0.3, 0.4) is 0 Å². The van der Waals surface area contributed by atoms with E-state index in [1.807, 2.05) is 0 Å². The predicted molar refractivity (Wildman–Crippen MR) is 53.5 cm³/mol. The van der Waals surface area contributed by atoms with Crippen LogP contribution in [0.4, 0.5) is 0 Å². The van der Waals surface area contributed by atoms with Crippen molar-refractivity contribution in [2.75, 3.05) is 20.4 Å². The highest BCUT2D eigenvalue weighted by Crippen LogP contribution is 2.35. The van der Waals surface area contributed by atoms with Gasteiger partial charge >= 0.3 is 0 Å². The van der Waals surface area contributed by atoms with Gasteiger partial charge in [0.1, 0.15) is 5.78 Å². The molecule has 0 aliphatic heterocycles. The Balaban J connectivity index is 3.64. The molecule has 0 fully saturated rings. The number of rotatable bonds is 6. The largest absolute Gasteiger partial charge is 0.337 e. The number of hydrogen-bond donors (Lipinski definition) is 0. The summed E-state index contributed by atoms with van der Waals surface area (Å²) < 4.78 is 9.92. The molecule has 0 saturated carbocycles. The molecule has 0 unspecified atom stereocenters. The van der Waals surface area contributed by atoms with Crippen molar-refractivity contribution in [2.45, 2.75) is 19.8 Å². The zero-order valence-corrected chi connectivity index (χ0v) is 9.19. The van der Waals surface area contributed by atoms with Crippen LogP contribution in [0.1, 0.15) is 19.8 Å². The molecule has 0 aromatic heterocycles. The predicted octanol–water partition coefficient (Wildman–Crippen LogP) is 1.96. The fraction of sp³-hybridized carbons (Fsp3) is 0.667. The summed E-state index contributed by atoms with van der Waals surface area (Å²) in [6, 6.07) is 0. The van der Waals surface area contributed by atoms with Crippen LogP contribution in [0.25, 0.3) is 0 Å². The van der Waals surface area contributed by atoms with E-state index in [-0.39, 0.29) is 5.78 Å². The van der Waals surface area contributed by atoms with Crippen LogP contribution in [0.5, 0.6) is 0 Å². The summed E-state index contributed by atoms with van der Waals surface area (Å²) in [7, 11) is 2.09. The minimum Gasteiger partial charge on any atom is -0.337 e. The zero-order valence-electron chi connectivity index (χ0n) is 8.29. The minimum atomic E-state index is -1.01. The second-order valence-electron chi connectivity index (χ2n) is 2.32. The maximum Gasteiger partial charge on any atom is 0.177 e. The number of hydrogen-bond acceptors (Lipinski definition) is 3. The average molecular weight is 202 g/mol. The SMILES string of the molecule is CC#CCCC(=O)CP(OC)OC. The van der Waals surface area contributed by atoms with Crippen molar-refractivity contribution < 1.29 is 13.8 Å². The van der Waals surface area contributed by atoms with Gasteiger partial charge < -0.3 is 9.05 Å². The molecule has 0 saturated heterocycles. The lowest BCUT2D eigenvalue weighted by Crippen LogP contribution is -2.04. The number of ketones is 1. The Morgan fingerprint density at radius 1 is 1.38 bits per heavy atom. The molecule has 0 amide bonds. The number of Topliss-reactive ketones (excluding diaryl/α,β-unsaturated/α-hetero) is 1. The van der Waals surface area contributed by atoms with E-state index < -0.39 is 8.38 Å². The maximum atomic E-state index is 11.2. The maximum absolute atomic E-state index is 11.2. The van der Waals surface area contributed by atoms with E-state index in [2.05, 4.69) is 11.8 Å². The van der Waals surface area contributed by atoms with Gasteiger partial charge in [-0.2, -0.15) is 0 Å². The van der Waals surface area contributed by atoms with Crippen LogP contribution >= 0.6 is 8.38 Å². The van der Waals surface area contributed by atoms with Crippen molar-refractivity contribution in [1.82, 2.24) is 0 Å². The first kappa shape index (κ1) is 12.6. The molecule has 0 radical (unpaired) electrons. The van der Waals surface area contributed by atoms with Gasteiger partial charge in [0, 0.05) is 27.1 Å². The van der Waals surface area contributed by atoms with Crippen LogP contribution in [0.15, 0.2) is 0 Å². The minimum absolute atomic E-state index is 0.151. The fourth-order valence-electron chi connectivity index (χ4n) is 0.754. The monoisotopic (exact) mass is 202 g/mol. The van der Waals surface area contributed by atoms with Crippen molar-refractivity contribution in [3.63, 3.8) is 0 Å². The Hall–Kier alpha value is -0.420. The van der Waals surface area contributed by atoms with Gasteiger partial charge in [0.05, 0.1) is 6.16 Å².